The summed E-state index contributed by atoms with van der Waals surface area (Å²) in [5.41, 5.74) is 1.99. The van der Waals surface area contributed by atoms with Crippen molar-refractivity contribution in [3.05, 3.63) is 38.4 Å². The number of aryl methyl sites for hydroxylation is 1. The highest BCUT2D eigenvalue weighted by molar-refractivity contribution is 14.1. The van der Waals surface area contributed by atoms with Crippen molar-refractivity contribution in [2.45, 2.75) is 6.92 Å². The van der Waals surface area contributed by atoms with Gasteiger partial charge in [-0.1, -0.05) is 28.1 Å². The third kappa shape index (κ3) is 2.00. The van der Waals surface area contributed by atoms with Crippen LogP contribution in [-0.4, -0.2) is 4.98 Å². The Hall–Kier alpha value is -0.360. The van der Waals surface area contributed by atoms with Gasteiger partial charge in [0.1, 0.15) is 5.69 Å². The molecule has 14 heavy (non-hydrogen) atoms. The number of hydrogen-bond acceptors (Lipinski definition) is 2. The van der Waals surface area contributed by atoms with E-state index in [1.54, 1.807) is 0 Å². The monoisotopic (exact) mass is 363 g/mol. The Labute approximate surface area is 104 Å². The van der Waals surface area contributed by atoms with E-state index in [1.807, 2.05) is 31.2 Å². The van der Waals surface area contributed by atoms with E-state index < -0.39 is 0 Å². The maximum atomic E-state index is 5.36. The highest BCUT2D eigenvalue weighted by Gasteiger charge is 2.09. The van der Waals surface area contributed by atoms with Gasteiger partial charge in [-0.3, -0.25) is 0 Å². The molecule has 0 amide bonds. The number of benzene rings is 1. The van der Waals surface area contributed by atoms with Gasteiger partial charge >= 0.3 is 0 Å². The Morgan fingerprint density at radius 2 is 1.93 bits per heavy atom. The molecule has 1 heterocycles. The number of halogens is 2. The minimum atomic E-state index is 0.701. The average molecular weight is 364 g/mol. The Morgan fingerprint density at radius 1 is 1.29 bits per heavy atom. The Morgan fingerprint density at radius 3 is 2.43 bits per heavy atom. The molecule has 0 saturated carbocycles. The molecule has 4 heteroatoms. The van der Waals surface area contributed by atoms with Gasteiger partial charge in [0.2, 0.25) is 0 Å². The molecule has 0 aliphatic heterocycles. The molecular formula is C10H7BrINO. The van der Waals surface area contributed by atoms with Crippen molar-refractivity contribution in [1.82, 2.24) is 4.98 Å². The average Bonchev–Trinajstić information content (AvgIpc) is 2.47. The lowest BCUT2D eigenvalue weighted by Gasteiger charge is -1.96. The van der Waals surface area contributed by atoms with Crippen molar-refractivity contribution < 1.29 is 4.42 Å². The molecule has 0 aliphatic rings. The topological polar surface area (TPSA) is 26.0 Å². The number of rotatable bonds is 1. The first-order valence-corrected chi connectivity index (χ1v) is 5.93. The van der Waals surface area contributed by atoms with Crippen molar-refractivity contribution in [3.63, 3.8) is 0 Å². The third-order valence-corrected chi connectivity index (χ3v) is 3.07. The predicted octanol–water partition coefficient (Wildman–Crippen LogP) is 4.02. The second kappa shape index (κ2) is 4.02. The highest BCUT2D eigenvalue weighted by Crippen LogP contribution is 2.26. The summed E-state index contributed by atoms with van der Waals surface area (Å²) >= 11 is 5.55. The second-order valence-electron chi connectivity index (χ2n) is 2.86. The maximum Gasteiger partial charge on any atom is 0.193 e. The van der Waals surface area contributed by atoms with Crippen molar-refractivity contribution in [1.29, 1.82) is 0 Å². The lowest BCUT2D eigenvalue weighted by atomic mass is 10.2. The fourth-order valence-corrected chi connectivity index (χ4v) is 2.20. The van der Waals surface area contributed by atoms with Crippen molar-refractivity contribution >= 4 is 38.5 Å². The number of oxazole rings is 1. The maximum absolute atomic E-state index is 5.36. The van der Waals surface area contributed by atoms with Gasteiger partial charge < -0.3 is 4.42 Å². The first kappa shape index (κ1) is 10.2. The normalized spacial score (nSPS) is 10.5. The fraction of sp³-hybridized carbons (Fsp3) is 0.100. The summed E-state index contributed by atoms with van der Waals surface area (Å²) in [4.78, 5) is 4.32. The zero-order valence-electron chi connectivity index (χ0n) is 7.42. The molecule has 0 spiro atoms. The molecule has 2 rings (SSSR count). The minimum absolute atomic E-state index is 0.701. The van der Waals surface area contributed by atoms with E-state index in [-0.39, 0.29) is 0 Å². The lowest BCUT2D eigenvalue weighted by molar-refractivity contribution is 0.497. The molecule has 2 aromatic rings. The quantitative estimate of drug-likeness (QED) is 0.715. The standard InChI is InChI=1S/C10H7BrINO/c1-6-13-9(10(12)14-6)7-2-4-8(11)5-3-7/h2-5H,1H3. The zero-order chi connectivity index (χ0) is 10.1. The van der Waals surface area contributed by atoms with Gasteiger partial charge in [0, 0.05) is 39.6 Å². The van der Waals surface area contributed by atoms with Crippen LogP contribution in [0.1, 0.15) is 5.89 Å². The molecule has 2 nitrogen and oxygen atoms in total. The second-order valence-corrected chi connectivity index (χ2v) is 4.76. The van der Waals surface area contributed by atoms with Crippen molar-refractivity contribution in [2.24, 2.45) is 0 Å². The van der Waals surface area contributed by atoms with E-state index in [0.717, 1.165) is 19.5 Å². The van der Waals surface area contributed by atoms with Gasteiger partial charge in [-0.2, -0.15) is 0 Å². The van der Waals surface area contributed by atoms with Crippen LogP contribution in [0.2, 0.25) is 0 Å². The van der Waals surface area contributed by atoms with Crippen LogP contribution in [0.25, 0.3) is 11.3 Å². The molecule has 72 valence electrons. The molecule has 0 fully saturated rings. The molecule has 0 aliphatic carbocycles. The van der Waals surface area contributed by atoms with Gasteiger partial charge in [-0.15, -0.1) is 0 Å². The highest BCUT2D eigenvalue weighted by atomic mass is 127. The van der Waals surface area contributed by atoms with E-state index in [4.69, 9.17) is 4.42 Å². The Balaban J connectivity index is 2.49. The zero-order valence-corrected chi connectivity index (χ0v) is 11.2. The third-order valence-electron chi connectivity index (χ3n) is 1.81. The first-order chi connectivity index (χ1) is 6.66. The van der Waals surface area contributed by atoms with Gasteiger partial charge in [0.05, 0.1) is 0 Å². The van der Waals surface area contributed by atoms with Gasteiger partial charge in [0.15, 0.2) is 9.66 Å². The summed E-state index contributed by atoms with van der Waals surface area (Å²) < 4.78 is 7.26. The molecule has 0 unspecified atom stereocenters. The molecule has 0 atom stereocenters. The Kier molecular flexibility index (Phi) is 2.92. The lowest BCUT2D eigenvalue weighted by Crippen LogP contribution is -1.79. The van der Waals surface area contributed by atoms with Crippen molar-refractivity contribution in [3.8, 4) is 11.3 Å². The van der Waals surface area contributed by atoms with E-state index in [9.17, 15) is 0 Å². The van der Waals surface area contributed by atoms with Crippen LogP contribution in [-0.2, 0) is 0 Å². The van der Waals surface area contributed by atoms with Crippen LogP contribution in [0.15, 0.2) is 33.2 Å². The summed E-state index contributed by atoms with van der Waals surface area (Å²) in [6.07, 6.45) is 0. The van der Waals surface area contributed by atoms with E-state index in [1.165, 1.54) is 0 Å². The largest absolute Gasteiger partial charge is 0.435 e. The van der Waals surface area contributed by atoms with Crippen LogP contribution in [0.4, 0.5) is 0 Å². The van der Waals surface area contributed by atoms with Gasteiger partial charge in [0.25, 0.3) is 0 Å². The molecule has 0 bridgehead atoms. The summed E-state index contributed by atoms with van der Waals surface area (Å²) in [5.74, 6) is 0.701. The molecule has 1 aromatic carbocycles. The van der Waals surface area contributed by atoms with Crippen LogP contribution in [0.3, 0.4) is 0 Å². The SMILES string of the molecule is Cc1nc(-c2ccc(Br)cc2)c(I)o1. The van der Waals surface area contributed by atoms with Gasteiger partial charge in [-0.05, 0) is 12.1 Å². The summed E-state index contributed by atoms with van der Waals surface area (Å²) in [5, 5.41) is 0. The van der Waals surface area contributed by atoms with Crippen molar-refractivity contribution in [2.75, 3.05) is 0 Å². The predicted molar refractivity (Wildman–Crippen MR) is 67.1 cm³/mol. The van der Waals surface area contributed by atoms with E-state index >= 15 is 0 Å². The molecular weight excluding hydrogens is 357 g/mol. The summed E-state index contributed by atoms with van der Waals surface area (Å²) in [6.45, 7) is 1.85. The number of nitrogens with zero attached hydrogens (tertiary/aromatic N) is 1. The van der Waals surface area contributed by atoms with E-state index in [0.29, 0.717) is 5.89 Å². The minimum Gasteiger partial charge on any atom is -0.435 e. The summed E-state index contributed by atoms with van der Waals surface area (Å²) in [7, 11) is 0. The van der Waals surface area contributed by atoms with E-state index in [2.05, 4.69) is 43.5 Å². The Bertz CT molecular complexity index is 450. The van der Waals surface area contributed by atoms with Crippen LogP contribution in [0.5, 0.6) is 0 Å². The van der Waals surface area contributed by atoms with Gasteiger partial charge in [-0.25, -0.2) is 4.98 Å². The number of hydrogen-bond donors (Lipinski definition) is 0. The molecule has 0 saturated heterocycles. The smallest absolute Gasteiger partial charge is 0.193 e. The fourth-order valence-electron chi connectivity index (χ4n) is 1.19. The molecule has 0 radical (unpaired) electrons. The first-order valence-electron chi connectivity index (χ1n) is 4.05. The summed E-state index contributed by atoms with van der Waals surface area (Å²) in [6, 6.07) is 8.03. The van der Waals surface area contributed by atoms with Crippen LogP contribution >= 0.6 is 38.5 Å². The number of aromatic nitrogens is 1. The molecule has 0 N–H and O–H groups in total. The van der Waals surface area contributed by atoms with Crippen LogP contribution in [0, 0.1) is 10.7 Å². The molecule has 1 aromatic heterocycles. The van der Waals surface area contributed by atoms with Crippen LogP contribution < -0.4 is 0 Å².